The molecule has 1 atom stereocenters. The number of hydrogen-bond acceptors (Lipinski definition) is 4. The van der Waals surface area contributed by atoms with E-state index in [0.717, 1.165) is 17.0 Å². The quantitative estimate of drug-likeness (QED) is 0.787. The minimum Gasteiger partial charge on any atom is -0.269 e. The highest BCUT2D eigenvalue weighted by Gasteiger charge is 2.38. The molecule has 84 valence electrons. The maximum Gasteiger partial charge on any atom is 0.168 e. The predicted molar refractivity (Wildman–Crippen MR) is 66.3 cm³/mol. The van der Waals surface area contributed by atoms with Crippen molar-refractivity contribution in [1.29, 1.82) is 5.26 Å². The van der Waals surface area contributed by atoms with E-state index in [0.29, 0.717) is 0 Å². The number of nitriles is 1. The molecule has 0 bridgehead atoms. The third kappa shape index (κ3) is 1.83. The zero-order chi connectivity index (χ0) is 11.8. The van der Waals surface area contributed by atoms with Crippen LogP contribution in [0.2, 0.25) is 0 Å². The molecule has 0 spiro atoms. The molecule has 2 heterocycles. The van der Waals surface area contributed by atoms with Crippen LogP contribution in [0.5, 0.6) is 0 Å². The van der Waals surface area contributed by atoms with Crippen LogP contribution in [0.3, 0.4) is 0 Å². The topological polar surface area (TPSA) is 39.4 Å². The molecule has 0 aliphatic carbocycles. The van der Waals surface area contributed by atoms with Gasteiger partial charge in [-0.2, -0.15) is 10.4 Å². The van der Waals surface area contributed by atoms with Crippen LogP contribution in [0.15, 0.2) is 22.6 Å². The first kappa shape index (κ1) is 11.2. The molecule has 0 aromatic carbocycles. The Balaban J connectivity index is 2.33. The van der Waals surface area contributed by atoms with Crippen LogP contribution in [0.1, 0.15) is 38.1 Å². The van der Waals surface area contributed by atoms with E-state index in [1.165, 1.54) is 0 Å². The highest BCUT2D eigenvalue weighted by Crippen LogP contribution is 2.36. The molecule has 0 fully saturated rings. The van der Waals surface area contributed by atoms with E-state index in [1.54, 1.807) is 11.3 Å². The molecule has 1 aliphatic rings. The molecule has 0 radical (unpaired) electrons. The van der Waals surface area contributed by atoms with E-state index < -0.39 is 0 Å². The molecule has 1 unspecified atom stereocenters. The van der Waals surface area contributed by atoms with Crippen molar-refractivity contribution in [1.82, 2.24) is 5.01 Å². The predicted octanol–water partition coefficient (Wildman–Crippen LogP) is 3.17. The van der Waals surface area contributed by atoms with Crippen molar-refractivity contribution in [2.24, 2.45) is 5.10 Å². The Hall–Kier alpha value is -1.34. The standard InChI is InChI=1S/C12H15N3S/c1-9-7-12(2,3)15(14-9)10(8-13)11-5-4-6-16-11/h4-6,10H,7H2,1-3H3. The van der Waals surface area contributed by atoms with Crippen LogP contribution in [-0.4, -0.2) is 16.3 Å². The molecule has 3 nitrogen and oxygen atoms in total. The minimum atomic E-state index is -0.257. The van der Waals surface area contributed by atoms with Crippen molar-refractivity contribution in [3.8, 4) is 6.07 Å². The molecule has 0 saturated carbocycles. The van der Waals surface area contributed by atoms with Gasteiger partial charge < -0.3 is 0 Å². The lowest BCUT2D eigenvalue weighted by atomic mass is 9.97. The molecule has 0 amide bonds. The van der Waals surface area contributed by atoms with Gasteiger partial charge >= 0.3 is 0 Å². The molecule has 1 aromatic heterocycles. The zero-order valence-electron chi connectivity index (χ0n) is 9.77. The average Bonchev–Trinajstić information content (AvgIpc) is 2.77. The number of thiophene rings is 1. The molecular weight excluding hydrogens is 218 g/mol. The fraction of sp³-hybridized carbons (Fsp3) is 0.500. The lowest BCUT2D eigenvalue weighted by Crippen LogP contribution is -2.38. The summed E-state index contributed by atoms with van der Waals surface area (Å²) in [6.07, 6.45) is 0.927. The van der Waals surface area contributed by atoms with Gasteiger partial charge in [-0.05, 0) is 32.2 Å². The fourth-order valence-corrected chi connectivity index (χ4v) is 2.91. The van der Waals surface area contributed by atoms with Gasteiger partial charge in [-0.15, -0.1) is 11.3 Å². The van der Waals surface area contributed by atoms with Crippen molar-refractivity contribution >= 4 is 17.0 Å². The van der Waals surface area contributed by atoms with Crippen molar-refractivity contribution in [2.45, 2.75) is 38.8 Å². The van der Waals surface area contributed by atoms with Crippen LogP contribution in [-0.2, 0) is 0 Å². The Kier molecular flexibility index (Phi) is 2.73. The second-order valence-corrected chi connectivity index (χ2v) is 5.70. The van der Waals surface area contributed by atoms with Crippen molar-refractivity contribution < 1.29 is 0 Å². The van der Waals surface area contributed by atoms with Gasteiger partial charge in [0.15, 0.2) is 6.04 Å². The largest absolute Gasteiger partial charge is 0.269 e. The summed E-state index contributed by atoms with van der Waals surface area (Å²) < 4.78 is 0. The minimum absolute atomic E-state index is 0.0610. The second-order valence-electron chi connectivity index (χ2n) is 4.72. The first-order valence-electron chi connectivity index (χ1n) is 5.31. The smallest absolute Gasteiger partial charge is 0.168 e. The van der Waals surface area contributed by atoms with Crippen LogP contribution in [0.4, 0.5) is 0 Å². The monoisotopic (exact) mass is 233 g/mol. The molecule has 2 rings (SSSR count). The molecule has 16 heavy (non-hydrogen) atoms. The van der Waals surface area contributed by atoms with Crippen molar-refractivity contribution in [2.75, 3.05) is 0 Å². The summed E-state index contributed by atoms with van der Waals surface area (Å²) in [6, 6.07) is 6.07. The summed E-state index contributed by atoms with van der Waals surface area (Å²) in [6.45, 7) is 6.28. The highest BCUT2D eigenvalue weighted by molar-refractivity contribution is 7.10. The third-order valence-electron chi connectivity index (χ3n) is 2.77. The van der Waals surface area contributed by atoms with E-state index in [9.17, 15) is 5.26 Å². The Morgan fingerprint density at radius 1 is 1.62 bits per heavy atom. The van der Waals surface area contributed by atoms with Gasteiger partial charge in [-0.1, -0.05) is 6.07 Å². The van der Waals surface area contributed by atoms with E-state index in [1.807, 2.05) is 29.4 Å². The Bertz CT molecular complexity index is 439. The molecular formula is C12H15N3S. The van der Waals surface area contributed by atoms with Gasteiger partial charge in [-0.3, -0.25) is 5.01 Å². The first-order valence-corrected chi connectivity index (χ1v) is 6.19. The van der Waals surface area contributed by atoms with Crippen LogP contribution < -0.4 is 0 Å². The zero-order valence-corrected chi connectivity index (χ0v) is 10.6. The van der Waals surface area contributed by atoms with Gasteiger partial charge in [0.2, 0.25) is 0 Å². The second kappa shape index (κ2) is 3.91. The van der Waals surface area contributed by atoms with Crippen molar-refractivity contribution in [3.05, 3.63) is 22.4 Å². The number of hydrazone groups is 1. The summed E-state index contributed by atoms with van der Waals surface area (Å²) in [5.74, 6) is 0. The highest BCUT2D eigenvalue weighted by atomic mass is 32.1. The van der Waals surface area contributed by atoms with E-state index >= 15 is 0 Å². The fourth-order valence-electron chi connectivity index (χ4n) is 2.15. The van der Waals surface area contributed by atoms with E-state index in [4.69, 9.17) is 0 Å². The van der Waals surface area contributed by atoms with Crippen LogP contribution in [0.25, 0.3) is 0 Å². The Morgan fingerprint density at radius 3 is 2.81 bits per heavy atom. The summed E-state index contributed by atoms with van der Waals surface area (Å²) >= 11 is 1.61. The molecule has 4 heteroatoms. The van der Waals surface area contributed by atoms with E-state index in [2.05, 4.69) is 25.0 Å². The summed E-state index contributed by atoms with van der Waals surface area (Å²) in [5, 5.41) is 17.8. The maximum atomic E-state index is 9.32. The van der Waals surface area contributed by atoms with Gasteiger partial charge in [0.1, 0.15) is 0 Å². The molecule has 1 aliphatic heterocycles. The lowest BCUT2D eigenvalue weighted by molar-refractivity contribution is 0.124. The number of rotatable bonds is 2. The summed E-state index contributed by atoms with van der Waals surface area (Å²) in [7, 11) is 0. The van der Waals surface area contributed by atoms with Gasteiger partial charge in [0, 0.05) is 17.0 Å². The van der Waals surface area contributed by atoms with Crippen molar-refractivity contribution in [3.63, 3.8) is 0 Å². The number of hydrogen-bond donors (Lipinski definition) is 0. The molecule has 1 aromatic rings. The van der Waals surface area contributed by atoms with Gasteiger partial charge in [-0.25, -0.2) is 0 Å². The Morgan fingerprint density at radius 2 is 2.38 bits per heavy atom. The normalized spacial score (nSPS) is 20.4. The van der Waals surface area contributed by atoms with E-state index in [-0.39, 0.29) is 11.6 Å². The van der Waals surface area contributed by atoms with Gasteiger partial charge in [0.25, 0.3) is 0 Å². The van der Waals surface area contributed by atoms with Gasteiger partial charge in [0.05, 0.1) is 11.6 Å². The first-order chi connectivity index (χ1) is 7.54. The lowest BCUT2D eigenvalue weighted by Gasteiger charge is -2.33. The summed E-state index contributed by atoms with van der Waals surface area (Å²) in [5.41, 5.74) is 1.04. The average molecular weight is 233 g/mol. The third-order valence-corrected chi connectivity index (χ3v) is 3.69. The van der Waals surface area contributed by atoms with Crippen LogP contribution >= 0.6 is 11.3 Å². The molecule has 0 saturated heterocycles. The molecule has 0 N–H and O–H groups in total. The SMILES string of the molecule is CC1=NN(C(C#N)c2cccs2)C(C)(C)C1. The maximum absolute atomic E-state index is 9.32. The number of nitrogens with zero attached hydrogens (tertiary/aromatic N) is 3. The Labute approximate surface area is 100 Å². The summed E-state index contributed by atoms with van der Waals surface area (Å²) in [4.78, 5) is 1.06. The van der Waals surface area contributed by atoms with Crippen LogP contribution in [0, 0.1) is 11.3 Å².